The van der Waals surface area contributed by atoms with Gasteiger partial charge in [0.1, 0.15) is 11.3 Å². The number of aromatic nitrogens is 6. The van der Waals surface area contributed by atoms with E-state index in [1.807, 2.05) is 0 Å². The molecular weight excluding hydrogens is 610 g/mol. The van der Waals surface area contributed by atoms with Crippen LogP contribution in [0.1, 0.15) is 36.4 Å². The third-order valence-corrected chi connectivity index (χ3v) is 6.84. The van der Waals surface area contributed by atoms with Gasteiger partial charge in [-0.25, -0.2) is 14.6 Å². The maximum Gasteiger partial charge on any atom is 0.423 e. The molecule has 4 aromatic rings. The second-order valence-electron chi connectivity index (χ2n) is 10.2. The zero-order valence-electron chi connectivity index (χ0n) is 25.0. The van der Waals surface area contributed by atoms with Crippen LogP contribution in [0.15, 0.2) is 53.7 Å². The molecule has 45 heavy (non-hydrogen) atoms. The SMILES string of the molecule is [2H]c1c(COC[C@H](C)Nc2cnn(Cc3ccc(OC)cc3)c(=O)c2C(F)(F)F)nn2c1CN(c1ncc(C(F)(F)F)cn1)CC2. The van der Waals surface area contributed by atoms with Crippen LogP contribution in [0.3, 0.4) is 0 Å². The number of halogens is 6. The molecule has 0 radical (unpaired) electrons. The molecule has 5 rings (SSSR count). The van der Waals surface area contributed by atoms with E-state index in [-0.39, 0.29) is 44.0 Å². The molecular formula is C28H28F6N8O3. The van der Waals surface area contributed by atoms with Crippen LogP contribution in [-0.4, -0.2) is 55.8 Å². The average Bonchev–Trinajstić information content (AvgIpc) is 3.32. The Kier molecular flexibility index (Phi) is 8.60. The van der Waals surface area contributed by atoms with E-state index in [9.17, 15) is 31.1 Å². The summed E-state index contributed by atoms with van der Waals surface area (Å²) in [4.78, 5) is 22.1. The number of rotatable bonds is 10. The van der Waals surface area contributed by atoms with Gasteiger partial charge in [-0.1, -0.05) is 12.1 Å². The number of nitrogens with zero attached hydrogens (tertiary/aromatic N) is 7. The molecule has 0 fully saturated rings. The van der Waals surface area contributed by atoms with E-state index < -0.39 is 40.8 Å². The first-order chi connectivity index (χ1) is 21.7. The van der Waals surface area contributed by atoms with Gasteiger partial charge in [0.25, 0.3) is 5.56 Å². The molecule has 11 nitrogen and oxygen atoms in total. The fraction of sp³-hybridized carbons (Fsp3) is 0.393. The summed E-state index contributed by atoms with van der Waals surface area (Å²) in [6, 6.07) is 5.85. The molecule has 17 heteroatoms. The maximum absolute atomic E-state index is 14.0. The molecule has 240 valence electrons. The Morgan fingerprint density at radius 1 is 1.04 bits per heavy atom. The first kappa shape index (κ1) is 30.4. The molecule has 1 aliphatic rings. The van der Waals surface area contributed by atoms with Crippen molar-refractivity contribution in [2.24, 2.45) is 0 Å². The molecule has 1 aromatic carbocycles. The van der Waals surface area contributed by atoms with Crippen molar-refractivity contribution in [3.8, 4) is 5.75 Å². The van der Waals surface area contributed by atoms with Crippen molar-refractivity contribution < 1.29 is 37.2 Å². The number of benzene rings is 1. The Balaban J connectivity index is 1.21. The minimum atomic E-state index is -4.96. The highest BCUT2D eigenvalue weighted by atomic mass is 19.4. The van der Waals surface area contributed by atoms with Crippen LogP contribution in [0.5, 0.6) is 5.75 Å². The van der Waals surface area contributed by atoms with Crippen molar-refractivity contribution in [1.82, 2.24) is 29.5 Å². The fourth-order valence-corrected chi connectivity index (χ4v) is 4.64. The third kappa shape index (κ3) is 7.53. The van der Waals surface area contributed by atoms with Crippen molar-refractivity contribution in [3.05, 3.63) is 87.3 Å². The molecule has 1 aliphatic heterocycles. The Morgan fingerprint density at radius 3 is 2.40 bits per heavy atom. The molecule has 1 N–H and O–H groups in total. The molecule has 0 amide bonds. The number of hydrogen-bond donors (Lipinski definition) is 1. The quantitative estimate of drug-likeness (QED) is 0.253. The number of methoxy groups -OCH3 is 1. The van der Waals surface area contributed by atoms with Gasteiger partial charge in [-0.05, 0) is 30.7 Å². The lowest BCUT2D eigenvalue weighted by Crippen LogP contribution is -2.35. The van der Waals surface area contributed by atoms with Crippen molar-refractivity contribution in [3.63, 3.8) is 0 Å². The van der Waals surface area contributed by atoms with Crippen LogP contribution in [0.25, 0.3) is 0 Å². The molecule has 0 saturated heterocycles. The van der Waals surface area contributed by atoms with Crippen LogP contribution in [0.4, 0.5) is 38.0 Å². The molecule has 3 aromatic heterocycles. The second kappa shape index (κ2) is 12.7. The lowest BCUT2D eigenvalue weighted by atomic mass is 10.2. The van der Waals surface area contributed by atoms with Gasteiger partial charge in [-0.2, -0.15) is 36.5 Å². The van der Waals surface area contributed by atoms with Crippen LogP contribution in [-0.2, 0) is 43.3 Å². The van der Waals surface area contributed by atoms with Gasteiger partial charge < -0.3 is 19.7 Å². The number of anilines is 2. The lowest BCUT2D eigenvalue weighted by Gasteiger charge is -2.27. The van der Waals surface area contributed by atoms with Crippen molar-refractivity contribution in [1.29, 1.82) is 0 Å². The summed E-state index contributed by atoms with van der Waals surface area (Å²) in [6.07, 6.45) is -7.17. The lowest BCUT2D eigenvalue weighted by molar-refractivity contribution is -0.139. The molecule has 0 aliphatic carbocycles. The van der Waals surface area contributed by atoms with E-state index in [1.165, 1.54) is 7.11 Å². The monoisotopic (exact) mass is 639 g/mol. The molecule has 4 heterocycles. The summed E-state index contributed by atoms with van der Waals surface area (Å²) >= 11 is 0. The van der Waals surface area contributed by atoms with Crippen LogP contribution in [0.2, 0.25) is 0 Å². The van der Waals surface area contributed by atoms with Gasteiger partial charge in [0.05, 0.1) is 70.2 Å². The zero-order valence-corrected chi connectivity index (χ0v) is 24.0. The Bertz CT molecular complexity index is 1730. The molecule has 1 atom stereocenters. The molecule has 0 bridgehead atoms. The predicted molar refractivity (Wildman–Crippen MR) is 149 cm³/mol. The predicted octanol–water partition coefficient (Wildman–Crippen LogP) is 4.36. The smallest absolute Gasteiger partial charge is 0.423 e. The summed E-state index contributed by atoms with van der Waals surface area (Å²) in [6.45, 7) is 1.95. The first-order valence-corrected chi connectivity index (χ1v) is 13.6. The third-order valence-electron chi connectivity index (χ3n) is 6.84. The summed E-state index contributed by atoms with van der Waals surface area (Å²) in [5, 5.41) is 11.0. The van der Waals surface area contributed by atoms with Crippen molar-refractivity contribution in [2.45, 2.75) is 51.6 Å². The van der Waals surface area contributed by atoms with Gasteiger partial charge in [0, 0.05) is 25.0 Å². The van der Waals surface area contributed by atoms with Gasteiger partial charge >= 0.3 is 12.4 Å². The van der Waals surface area contributed by atoms with Gasteiger partial charge in [-0.15, -0.1) is 0 Å². The van der Waals surface area contributed by atoms with Gasteiger partial charge in [0.15, 0.2) is 0 Å². The summed E-state index contributed by atoms with van der Waals surface area (Å²) in [5.41, 5.74) is -2.85. The highest BCUT2D eigenvalue weighted by Crippen LogP contribution is 2.32. The van der Waals surface area contributed by atoms with E-state index in [2.05, 4.69) is 25.5 Å². The standard InChI is InChI=1S/C28H28F6N8O3/c1-17(38-23-12-37-42(25(43)24(23)28(32,33)34)13-18-3-5-22(44-2)6-4-18)15-45-16-20-9-21-14-40(7-8-41(21)39-20)26-35-10-19(11-36-26)27(29,30)31/h3-6,9-12,17,38H,7-8,13-16H2,1-2H3/t17-/m0/s1/i9D. The number of ether oxygens (including phenoxy) is 2. The van der Waals surface area contributed by atoms with Gasteiger partial charge in [0.2, 0.25) is 5.95 Å². The zero-order chi connectivity index (χ0) is 33.2. The van der Waals surface area contributed by atoms with E-state index in [4.69, 9.17) is 10.8 Å². The van der Waals surface area contributed by atoms with E-state index in [1.54, 1.807) is 40.8 Å². The van der Waals surface area contributed by atoms with E-state index >= 15 is 0 Å². The van der Waals surface area contributed by atoms with Crippen LogP contribution in [0, 0.1) is 0 Å². The molecule has 0 unspecified atom stereocenters. The van der Waals surface area contributed by atoms with Gasteiger partial charge in [-0.3, -0.25) is 9.48 Å². The van der Waals surface area contributed by atoms with Crippen molar-refractivity contribution >= 4 is 11.6 Å². The minimum absolute atomic E-state index is 0.0567. The van der Waals surface area contributed by atoms with E-state index in [0.29, 0.717) is 42.5 Å². The maximum atomic E-state index is 14.0. The Morgan fingerprint density at radius 2 is 1.76 bits per heavy atom. The first-order valence-electron chi connectivity index (χ1n) is 14.1. The van der Waals surface area contributed by atoms with Crippen LogP contribution >= 0.6 is 0 Å². The summed E-state index contributed by atoms with van der Waals surface area (Å²) < 4.78 is 102. The minimum Gasteiger partial charge on any atom is -0.497 e. The number of alkyl halides is 6. The Labute approximate surface area is 253 Å². The Hall–Kier alpha value is -4.67. The normalized spacial score (nSPS) is 14.6. The second-order valence-corrected chi connectivity index (χ2v) is 10.2. The van der Waals surface area contributed by atoms with Crippen LogP contribution < -0.4 is 20.5 Å². The van der Waals surface area contributed by atoms with Crippen molar-refractivity contribution in [2.75, 3.05) is 30.5 Å². The topological polar surface area (TPSA) is 112 Å². The summed E-state index contributed by atoms with van der Waals surface area (Å²) in [7, 11) is 1.48. The number of nitrogens with one attached hydrogen (secondary N) is 1. The molecule has 0 saturated carbocycles. The summed E-state index contributed by atoms with van der Waals surface area (Å²) in [5.74, 6) is 0.638. The highest BCUT2D eigenvalue weighted by molar-refractivity contribution is 5.50. The van der Waals surface area contributed by atoms with E-state index in [0.717, 1.165) is 10.9 Å². The number of fused-ring (bicyclic) bond motifs is 1. The number of hydrogen-bond acceptors (Lipinski definition) is 9. The highest BCUT2D eigenvalue weighted by Gasteiger charge is 2.38. The largest absolute Gasteiger partial charge is 0.497 e. The molecule has 0 spiro atoms. The fourth-order valence-electron chi connectivity index (χ4n) is 4.64. The average molecular weight is 640 g/mol.